The normalized spacial score (nSPS) is 13.6. The Kier molecular flexibility index (Phi) is 1.87. The molecule has 1 unspecified atom stereocenters. The monoisotopic (exact) mass is 126 g/mol. The molecule has 1 rings (SSSR count). The van der Waals surface area contributed by atoms with Crippen molar-refractivity contribution in [3.63, 3.8) is 0 Å². The van der Waals surface area contributed by atoms with Crippen LogP contribution in [0.15, 0.2) is 22.8 Å². The van der Waals surface area contributed by atoms with Crippen molar-refractivity contribution in [2.24, 2.45) is 5.84 Å². The zero-order valence-corrected chi connectivity index (χ0v) is 5.29. The number of hydrazine groups is 1. The lowest BCUT2D eigenvalue weighted by atomic mass is 10.3. The predicted molar refractivity (Wildman–Crippen MR) is 34.4 cm³/mol. The van der Waals surface area contributed by atoms with Crippen molar-refractivity contribution in [3.05, 3.63) is 24.2 Å². The van der Waals surface area contributed by atoms with Crippen LogP contribution in [0.5, 0.6) is 0 Å². The summed E-state index contributed by atoms with van der Waals surface area (Å²) in [7, 11) is 0. The number of furan rings is 1. The largest absolute Gasteiger partial charge is 0.468 e. The van der Waals surface area contributed by atoms with E-state index in [9.17, 15) is 0 Å². The average molecular weight is 126 g/mol. The number of rotatable bonds is 2. The maximum absolute atomic E-state index is 5.15. The van der Waals surface area contributed by atoms with Crippen LogP contribution in [-0.2, 0) is 0 Å². The smallest absolute Gasteiger partial charge is 0.121 e. The maximum Gasteiger partial charge on any atom is 0.121 e. The van der Waals surface area contributed by atoms with E-state index in [4.69, 9.17) is 10.3 Å². The second-order valence-electron chi connectivity index (χ2n) is 1.90. The molecule has 0 aliphatic rings. The second kappa shape index (κ2) is 2.66. The fourth-order valence-corrected chi connectivity index (χ4v) is 0.620. The fourth-order valence-electron chi connectivity index (χ4n) is 0.620. The molecular weight excluding hydrogens is 116 g/mol. The summed E-state index contributed by atoms with van der Waals surface area (Å²) < 4.78 is 5.04. The summed E-state index contributed by atoms with van der Waals surface area (Å²) in [6, 6.07) is 3.81. The molecule has 0 saturated heterocycles. The van der Waals surface area contributed by atoms with Gasteiger partial charge >= 0.3 is 0 Å². The fraction of sp³-hybridized carbons (Fsp3) is 0.333. The van der Waals surface area contributed by atoms with Gasteiger partial charge in [0.25, 0.3) is 0 Å². The van der Waals surface area contributed by atoms with Crippen LogP contribution in [-0.4, -0.2) is 0 Å². The van der Waals surface area contributed by atoms with E-state index in [-0.39, 0.29) is 6.04 Å². The van der Waals surface area contributed by atoms with Gasteiger partial charge in [0, 0.05) is 0 Å². The Morgan fingerprint density at radius 3 is 3.00 bits per heavy atom. The second-order valence-corrected chi connectivity index (χ2v) is 1.90. The Bertz CT molecular complexity index is 160. The summed E-state index contributed by atoms with van der Waals surface area (Å²) in [4.78, 5) is 0. The van der Waals surface area contributed by atoms with E-state index in [0.29, 0.717) is 0 Å². The summed E-state index contributed by atoms with van der Waals surface area (Å²) in [5, 5.41) is 0. The van der Waals surface area contributed by atoms with Gasteiger partial charge < -0.3 is 4.42 Å². The molecule has 1 atom stereocenters. The van der Waals surface area contributed by atoms with Crippen LogP contribution in [0, 0.1) is 0 Å². The van der Waals surface area contributed by atoms with Crippen molar-refractivity contribution >= 4 is 0 Å². The molecule has 0 bridgehead atoms. The van der Waals surface area contributed by atoms with Crippen LogP contribution < -0.4 is 11.3 Å². The number of hydrogen-bond donors (Lipinski definition) is 2. The molecule has 1 aromatic heterocycles. The Labute approximate surface area is 53.8 Å². The molecule has 3 N–H and O–H groups in total. The highest BCUT2D eigenvalue weighted by Gasteiger charge is 2.02. The van der Waals surface area contributed by atoms with Crippen molar-refractivity contribution < 1.29 is 4.42 Å². The van der Waals surface area contributed by atoms with E-state index in [1.54, 1.807) is 6.26 Å². The first-order valence-corrected chi connectivity index (χ1v) is 2.84. The van der Waals surface area contributed by atoms with E-state index >= 15 is 0 Å². The van der Waals surface area contributed by atoms with Gasteiger partial charge in [-0.25, -0.2) is 0 Å². The first-order valence-electron chi connectivity index (χ1n) is 2.84. The molecule has 0 radical (unpaired) electrons. The highest BCUT2D eigenvalue weighted by Crippen LogP contribution is 2.09. The maximum atomic E-state index is 5.15. The first-order chi connectivity index (χ1) is 4.34. The van der Waals surface area contributed by atoms with Crippen LogP contribution in [0.1, 0.15) is 18.7 Å². The van der Waals surface area contributed by atoms with Gasteiger partial charge in [0.05, 0.1) is 12.3 Å². The zero-order valence-electron chi connectivity index (χ0n) is 5.29. The van der Waals surface area contributed by atoms with E-state index < -0.39 is 0 Å². The first kappa shape index (κ1) is 6.32. The van der Waals surface area contributed by atoms with Crippen LogP contribution in [0.4, 0.5) is 0 Å². The Morgan fingerprint density at radius 1 is 1.78 bits per heavy atom. The molecule has 0 spiro atoms. The molecule has 0 fully saturated rings. The topological polar surface area (TPSA) is 51.2 Å². The molecule has 0 aliphatic heterocycles. The number of nitrogens with one attached hydrogen (secondary N) is 1. The van der Waals surface area contributed by atoms with Crippen molar-refractivity contribution in [2.45, 2.75) is 13.0 Å². The Morgan fingerprint density at radius 2 is 2.56 bits per heavy atom. The minimum absolute atomic E-state index is 0.0972. The van der Waals surface area contributed by atoms with Crippen LogP contribution in [0.3, 0.4) is 0 Å². The van der Waals surface area contributed by atoms with Gasteiger partial charge in [-0.3, -0.25) is 11.3 Å². The van der Waals surface area contributed by atoms with Gasteiger partial charge in [-0.1, -0.05) is 0 Å². The highest BCUT2D eigenvalue weighted by molar-refractivity contribution is 5.02. The molecule has 1 aromatic rings. The van der Waals surface area contributed by atoms with Crippen molar-refractivity contribution in [3.8, 4) is 0 Å². The molecule has 3 heteroatoms. The number of hydrogen-bond acceptors (Lipinski definition) is 3. The summed E-state index contributed by atoms with van der Waals surface area (Å²) in [6.07, 6.45) is 1.63. The molecule has 9 heavy (non-hydrogen) atoms. The van der Waals surface area contributed by atoms with Crippen LogP contribution >= 0.6 is 0 Å². The lowest BCUT2D eigenvalue weighted by molar-refractivity contribution is 0.437. The Balaban J connectivity index is 2.65. The minimum Gasteiger partial charge on any atom is -0.468 e. The van der Waals surface area contributed by atoms with E-state index in [1.165, 1.54) is 0 Å². The van der Waals surface area contributed by atoms with Crippen LogP contribution in [0.2, 0.25) is 0 Å². The molecule has 1 heterocycles. The van der Waals surface area contributed by atoms with E-state index in [0.717, 1.165) is 5.76 Å². The van der Waals surface area contributed by atoms with Gasteiger partial charge in [-0.15, -0.1) is 0 Å². The van der Waals surface area contributed by atoms with E-state index in [2.05, 4.69) is 5.43 Å². The SMILES string of the molecule is CC(NN)c1ccco1. The lowest BCUT2D eigenvalue weighted by Gasteiger charge is -2.03. The lowest BCUT2D eigenvalue weighted by Crippen LogP contribution is -2.25. The van der Waals surface area contributed by atoms with E-state index in [1.807, 2.05) is 19.1 Å². The third-order valence-electron chi connectivity index (χ3n) is 1.22. The standard InChI is InChI=1S/C6H10N2O/c1-5(8-7)6-3-2-4-9-6/h2-5,8H,7H2,1H3. The van der Waals surface area contributed by atoms with Crippen LogP contribution in [0.25, 0.3) is 0 Å². The van der Waals surface area contributed by atoms with Gasteiger partial charge in [0.15, 0.2) is 0 Å². The third kappa shape index (κ3) is 1.31. The summed E-state index contributed by atoms with van der Waals surface area (Å²) in [5.41, 5.74) is 2.57. The number of nitrogens with two attached hydrogens (primary N) is 1. The molecule has 0 aromatic carbocycles. The average Bonchev–Trinajstić information content (AvgIpc) is 2.37. The third-order valence-corrected chi connectivity index (χ3v) is 1.22. The minimum atomic E-state index is 0.0972. The molecule has 50 valence electrons. The molecule has 0 amide bonds. The van der Waals surface area contributed by atoms with Gasteiger partial charge in [-0.2, -0.15) is 0 Å². The van der Waals surface area contributed by atoms with Gasteiger partial charge in [0.2, 0.25) is 0 Å². The summed E-state index contributed by atoms with van der Waals surface area (Å²) in [6.45, 7) is 1.93. The molecule has 0 saturated carbocycles. The Hall–Kier alpha value is -0.800. The van der Waals surface area contributed by atoms with Crippen molar-refractivity contribution in [2.75, 3.05) is 0 Å². The predicted octanol–water partition coefficient (Wildman–Crippen LogP) is 0.804. The summed E-state index contributed by atoms with van der Waals surface area (Å²) >= 11 is 0. The molecular formula is C6H10N2O. The molecule has 3 nitrogen and oxygen atoms in total. The van der Waals surface area contributed by atoms with Gasteiger partial charge in [0.1, 0.15) is 5.76 Å². The molecule has 0 aliphatic carbocycles. The van der Waals surface area contributed by atoms with Crippen molar-refractivity contribution in [1.82, 2.24) is 5.43 Å². The quantitative estimate of drug-likeness (QED) is 0.455. The summed E-state index contributed by atoms with van der Waals surface area (Å²) in [5.74, 6) is 6.01. The van der Waals surface area contributed by atoms with Gasteiger partial charge in [-0.05, 0) is 19.1 Å². The van der Waals surface area contributed by atoms with Crippen molar-refractivity contribution in [1.29, 1.82) is 0 Å². The highest BCUT2D eigenvalue weighted by atomic mass is 16.3. The zero-order chi connectivity index (χ0) is 6.69.